The van der Waals surface area contributed by atoms with Crippen LogP contribution in [0.3, 0.4) is 0 Å². The minimum absolute atomic E-state index is 0.0241. The van der Waals surface area contributed by atoms with Crippen LogP contribution in [0.5, 0.6) is 0 Å². The Morgan fingerprint density at radius 3 is 1.55 bits per heavy atom. The van der Waals surface area contributed by atoms with Crippen LogP contribution in [0.1, 0.15) is 150 Å². The molecule has 0 heterocycles. The Labute approximate surface area is 206 Å². The summed E-state index contributed by atoms with van der Waals surface area (Å²) in [7, 11) is 0. The molecule has 0 bridgehead atoms. The molecule has 0 spiro atoms. The van der Waals surface area contributed by atoms with Crippen molar-refractivity contribution in [1.82, 2.24) is 0 Å². The Morgan fingerprint density at radius 1 is 0.545 bits per heavy atom. The van der Waals surface area contributed by atoms with E-state index in [1.807, 2.05) is 0 Å². The Hall–Kier alpha value is -1.06. The maximum atomic E-state index is 12.0. The van der Waals surface area contributed by atoms with Gasteiger partial charge in [0.05, 0.1) is 13.2 Å². The van der Waals surface area contributed by atoms with Gasteiger partial charge in [-0.15, -0.1) is 0 Å². The summed E-state index contributed by atoms with van der Waals surface area (Å²) in [5.41, 5.74) is 0. The lowest BCUT2D eigenvalue weighted by Gasteiger charge is -2.20. The van der Waals surface area contributed by atoms with Crippen LogP contribution in [-0.4, -0.2) is 25.2 Å². The highest BCUT2D eigenvalue weighted by molar-refractivity contribution is 5.69. The molecular weight excluding hydrogens is 412 g/mol. The fourth-order valence-corrected chi connectivity index (χ4v) is 4.25. The molecule has 4 nitrogen and oxygen atoms in total. The first kappa shape index (κ1) is 31.9. The third-order valence-corrected chi connectivity index (χ3v) is 6.64. The van der Waals surface area contributed by atoms with E-state index in [1.54, 1.807) is 0 Å². The standard InChI is InChI=1S/C29H56O4/c1-5-7-9-14-18-24-32-28(30)21-17-13-11-12-16-20-27(26(3)4)22-23-29(31)33-25-19-15-10-8-6-2/h26-27H,5-25H2,1-4H3. The van der Waals surface area contributed by atoms with Crippen LogP contribution in [0.2, 0.25) is 0 Å². The number of ether oxygens (including phenoxy) is 2. The summed E-state index contributed by atoms with van der Waals surface area (Å²) in [5.74, 6) is 1.14. The van der Waals surface area contributed by atoms with Gasteiger partial charge in [0.2, 0.25) is 0 Å². The van der Waals surface area contributed by atoms with E-state index in [9.17, 15) is 9.59 Å². The van der Waals surface area contributed by atoms with Crippen molar-refractivity contribution in [3.05, 3.63) is 0 Å². The topological polar surface area (TPSA) is 52.6 Å². The zero-order valence-electron chi connectivity index (χ0n) is 22.6. The number of rotatable bonds is 24. The van der Waals surface area contributed by atoms with Gasteiger partial charge in [0.25, 0.3) is 0 Å². The van der Waals surface area contributed by atoms with Crippen LogP contribution < -0.4 is 0 Å². The Bertz CT molecular complexity index is 447. The zero-order valence-corrected chi connectivity index (χ0v) is 22.6. The molecule has 33 heavy (non-hydrogen) atoms. The van der Waals surface area contributed by atoms with Crippen molar-refractivity contribution < 1.29 is 19.1 Å². The molecule has 0 aliphatic heterocycles. The average molecular weight is 469 g/mol. The van der Waals surface area contributed by atoms with E-state index in [4.69, 9.17) is 9.47 Å². The normalized spacial score (nSPS) is 12.2. The van der Waals surface area contributed by atoms with E-state index < -0.39 is 0 Å². The van der Waals surface area contributed by atoms with E-state index in [0.717, 1.165) is 38.5 Å². The molecule has 0 fully saturated rings. The molecule has 0 rings (SSSR count). The first-order valence-electron chi connectivity index (χ1n) is 14.3. The SMILES string of the molecule is CCCCCCCOC(=O)CCCCCCCC(CCC(=O)OCCCCCCC)C(C)C. The van der Waals surface area contributed by atoms with Gasteiger partial charge in [-0.3, -0.25) is 9.59 Å². The van der Waals surface area contributed by atoms with Gasteiger partial charge in [0.1, 0.15) is 0 Å². The average Bonchev–Trinajstić information content (AvgIpc) is 2.79. The number of unbranched alkanes of at least 4 members (excludes halogenated alkanes) is 12. The van der Waals surface area contributed by atoms with E-state index >= 15 is 0 Å². The van der Waals surface area contributed by atoms with Gasteiger partial charge in [-0.05, 0) is 37.5 Å². The third kappa shape index (κ3) is 22.5. The molecule has 0 aromatic rings. The van der Waals surface area contributed by atoms with Crippen molar-refractivity contribution in [3.8, 4) is 0 Å². The second-order valence-corrected chi connectivity index (χ2v) is 10.1. The van der Waals surface area contributed by atoms with Crippen LogP contribution in [-0.2, 0) is 19.1 Å². The van der Waals surface area contributed by atoms with Crippen molar-refractivity contribution >= 4 is 11.9 Å². The molecule has 0 amide bonds. The second kappa shape index (κ2) is 24.1. The quantitative estimate of drug-likeness (QED) is 0.105. The summed E-state index contributed by atoms with van der Waals surface area (Å²) >= 11 is 0. The fraction of sp³-hybridized carbons (Fsp3) is 0.931. The summed E-state index contributed by atoms with van der Waals surface area (Å²) in [6.45, 7) is 10.1. The molecular formula is C29H56O4. The molecule has 0 aromatic carbocycles. The number of carbonyl (C=O) groups is 2. The van der Waals surface area contributed by atoms with Crippen molar-refractivity contribution in [2.45, 2.75) is 150 Å². The molecule has 4 heteroatoms. The minimum Gasteiger partial charge on any atom is -0.466 e. The molecule has 0 aromatic heterocycles. The summed E-state index contributed by atoms with van der Waals surface area (Å²) in [6.07, 6.45) is 20.7. The van der Waals surface area contributed by atoms with Gasteiger partial charge >= 0.3 is 11.9 Å². The highest BCUT2D eigenvalue weighted by atomic mass is 16.5. The first-order valence-corrected chi connectivity index (χ1v) is 14.3. The van der Waals surface area contributed by atoms with Gasteiger partial charge in [-0.25, -0.2) is 0 Å². The van der Waals surface area contributed by atoms with E-state index in [0.29, 0.717) is 37.9 Å². The summed E-state index contributed by atoms with van der Waals surface area (Å²) in [6, 6.07) is 0. The van der Waals surface area contributed by atoms with Gasteiger partial charge < -0.3 is 9.47 Å². The fourth-order valence-electron chi connectivity index (χ4n) is 4.25. The van der Waals surface area contributed by atoms with Crippen molar-refractivity contribution in [2.24, 2.45) is 11.8 Å². The smallest absolute Gasteiger partial charge is 0.305 e. The van der Waals surface area contributed by atoms with E-state index in [1.165, 1.54) is 70.6 Å². The number of esters is 2. The molecule has 0 aliphatic carbocycles. The van der Waals surface area contributed by atoms with Crippen molar-refractivity contribution in [2.75, 3.05) is 13.2 Å². The molecule has 0 N–H and O–H groups in total. The maximum Gasteiger partial charge on any atom is 0.305 e. The number of hydrogen-bond donors (Lipinski definition) is 0. The van der Waals surface area contributed by atoms with Crippen LogP contribution in [0.4, 0.5) is 0 Å². The van der Waals surface area contributed by atoms with E-state index in [-0.39, 0.29) is 11.9 Å². The van der Waals surface area contributed by atoms with Crippen LogP contribution in [0, 0.1) is 11.8 Å². The minimum atomic E-state index is -0.0294. The zero-order chi connectivity index (χ0) is 24.6. The Balaban J connectivity index is 3.66. The highest BCUT2D eigenvalue weighted by Gasteiger charge is 2.15. The van der Waals surface area contributed by atoms with Gasteiger partial charge in [-0.1, -0.05) is 111 Å². The lowest BCUT2D eigenvalue weighted by Crippen LogP contribution is -2.13. The molecule has 0 saturated heterocycles. The molecule has 0 saturated carbocycles. The molecule has 0 radical (unpaired) electrons. The predicted octanol–water partition coefficient (Wildman–Crippen LogP) is 8.80. The lowest BCUT2D eigenvalue weighted by molar-refractivity contribution is -0.145. The van der Waals surface area contributed by atoms with Crippen LogP contribution in [0.15, 0.2) is 0 Å². The lowest BCUT2D eigenvalue weighted by atomic mass is 9.86. The Kier molecular flexibility index (Phi) is 23.3. The molecule has 0 aliphatic rings. The maximum absolute atomic E-state index is 12.0. The largest absolute Gasteiger partial charge is 0.466 e. The summed E-state index contributed by atoms with van der Waals surface area (Å²) < 4.78 is 10.7. The monoisotopic (exact) mass is 468 g/mol. The van der Waals surface area contributed by atoms with E-state index in [2.05, 4.69) is 27.7 Å². The first-order chi connectivity index (χ1) is 16.0. The molecule has 1 atom stereocenters. The molecule has 1 unspecified atom stereocenters. The van der Waals surface area contributed by atoms with Crippen molar-refractivity contribution in [1.29, 1.82) is 0 Å². The summed E-state index contributed by atoms with van der Waals surface area (Å²) in [4.78, 5) is 23.8. The summed E-state index contributed by atoms with van der Waals surface area (Å²) in [5, 5.41) is 0. The van der Waals surface area contributed by atoms with Gasteiger partial charge in [0, 0.05) is 12.8 Å². The second-order valence-electron chi connectivity index (χ2n) is 10.1. The third-order valence-electron chi connectivity index (χ3n) is 6.64. The van der Waals surface area contributed by atoms with Crippen LogP contribution in [0.25, 0.3) is 0 Å². The predicted molar refractivity (Wildman–Crippen MR) is 139 cm³/mol. The van der Waals surface area contributed by atoms with Gasteiger partial charge in [0.15, 0.2) is 0 Å². The number of carbonyl (C=O) groups excluding carboxylic acids is 2. The Morgan fingerprint density at radius 2 is 1.00 bits per heavy atom. The highest BCUT2D eigenvalue weighted by Crippen LogP contribution is 2.24. The van der Waals surface area contributed by atoms with Crippen LogP contribution >= 0.6 is 0 Å². The molecule has 196 valence electrons. The number of hydrogen-bond acceptors (Lipinski definition) is 4. The van der Waals surface area contributed by atoms with Crippen molar-refractivity contribution in [3.63, 3.8) is 0 Å². The van der Waals surface area contributed by atoms with Gasteiger partial charge in [-0.2, -0.15) is 0 Å².